The summed E-state index contributed by atoms with van der Waals surface area (Å²) in [5, 5.41) is 8.43. The molecule has 0 spiro atoms. The third-order valence-corrected chi connectivity index (χ3v) is 5.94. The van der Waals surface area contributed by atoms with Crippen molar-refractivity contribution in [3.8, 4) is 17.1 Å². The van der Waals surface area contributed by atoms with Gasteiger partial charge in [-0.3, -0.25) is 9.78 Å². The molecule has 0 saturated carbocycles. The van der Waals surface area contributed by atoms with E-state index in [1.807, 2.05) is 26.0 Å². The van der Waals surface area contributed by atoms with Crippen LogP contribution in [-0.2, 0) is 0 Å². The number of hydrogen-bond donors (Lipinski definition) is 0. The molecule has 4 rings (SSSR count). The molecule has 6 nitrogen and oxygen atoms in total. The third-order valence-electron chi connectivity index (χ3n) is 5.12. The van der Waals surface area contributed by atoms with Crippen LogP contribution in [0.3, 0.4) is 0 Å². The zero-order valence-electron chi connectivity index (χ0n) is 17.3. The Morgan fingerprint density at radius 3 is 2.63 bits per heavy atom. The fraction of sp³-hybridized carbons (Fsp3) is 0.217. The number of benzene rings is 1. The van der Waals surface area contributed by atoms with Gasteiger partial charge in [-0.25, -0.2) is 0 Å². The number of carbonyl (C=O) groups excluding carboxylic acids is 1. The summed E-state index contributed by atoms with van der Waals surface area (Å²) in [6.07, 6.45) is 3.34. The molecule has 0 fully saturated rings. The van der Waals surface area contributed by atoms with Crippen LogP contribution in [-0.4, -0.2) is 31.3 Å². The normalized spacial score (nSPS) is 11.1. The van der Waals surface area contributed by atoms with Gasteiger partial charge in [-0.1, -0.05) is 17.8 Å². The van der Waals surface area contributed by atoms with E-state index in [0.717, 1.165) is 22.6 Å². The lowest BCUT2D eigenvalue weighted by molar-refractivity contribution is 0.102. The number of ketones is 1. The quantitative estimate of drug-likeness (QED) is 0.319. The Bertz CT molecular complexity index is 1210. The highest BCUT2D eigenvalue weighted by Crippen LogP contribution is 2.26. The van der Waals surface area contributed by atoms with Crippen molar-refractivity contribution in [3.63, 3.8) is 0 Å². The Labute approximate surface area is 179 Å². The van der Waals surface area contributed by atoms with Crippen LogP contribution in [0.5, 0.6) is 0 Å². The lowest BCUT2D eigenvalue weighted by atomic mass is 10.1. The molecule has 0 radical (unpaired) electrons. The summed E-state index contributed by atoms with van der Waals surface area (Å²) in [6.45, 7) is 8.19. The van der Waals surface area contributed by atoms with Crippen molar-refractivity contribution in [2.45, 2.75) is 32.9 Å². The maximum Gasteiger partial charge on any atom is 0.277 e. The molecule has 0 atom stereocenters. The first-order valence-corrected chi connectivity index (χ1v) is 10.6. The summed E-state index contributed by atoms with van der Waals surface area (Å²) >= 11 is 1.24. The summed E-state index contributed by atoms with van der Waals surface area (Å²) in [6, 6.07) is 11.9. The van der Waals surface area contributed by atoms with E-state index in [1.54, 1.807) is 18.5 Å². The predicted molar refractivity (Wildman–Crippen MR) is 117 cm³/mol. The van der Waals surface area contributed by atoms with E-state index in [2.05, 4.69) is 51.8 Å². The number of thioether (sulfide) groups is 1. The van der Waals surface area contributed by atoms with E-state index < -0.39 is 0 Å². The Balaban J connectivity index is 1.51. The van der Waals surface area contributed by atoms with Crippen molar-refractivity contribution in [1.82, 2.24) is 19.7 Å². The Kier molecular flexibility index (Phi) is 5.55. The van der Waals surface area contributed by atoms with Gasteiger partial charge in [0.05, 0.1) is 11.3 Å². The van der Waals surface area contributed by atoms with Crippen molar-refractivity contribution in [2.24, 2.45) is 0 Å². The second-order valence-electron chi connectivity index (χ2n) is 7.22. The fourth-order valence-electron chi connectivity index (χ4n) is 3.39. The third kappa shape index (κ3) is 3.93. The van der Waals surface area contributed by atoms with Crippen LogP contribution in [0.25, 0.3) is 17.1 Å². The van der Waals surface area contributed by atoms with Gasteiger partial charge in [0.2, 0.25) is 5.89 Å². The first-order chi connectivity index (χ1) is 14.4. The molecule has 3 heterocycles. The zero-order valence-corrected chi connectivity index (χ0v) is 18.2. The Morgan fingerprint density at radius 2 is 1.90 bits per heavy atom. The van der Waals surface area contributed by atoms with E-state index in [-0.39, 0.29) is 11.5 Å². The van der Waals surface area contributed by atoms with Gasteiger partial charge in [-0.05, 0) is 69.2 Å². The molecule has 0 amide bonds. The van der Waals surface area contributed by atoms with Crippen LogP contribution in [0.1, 0.15) is 32.9 Å². The van der Waals surface area contributed by atoms with Crippen LogP contribution in [0.4, 0.5) is 0 Å². The molecule has 4 aromatic rings. The summed E-state index contributed by atoms with van der Waals surface area (Å²) in [5.41, 5.74) is 6.97. The average molecular weight is 419 g/mol. The van der Waals surface area contributed by atoms with Crippen molar-refractivity contribution < 1.29 is 9.21 Å². The lowest BCUT2D eigenvalue weighted by Gasteiger charge is -2.12. The maximum atomic E-state index is 12.9. The molecule has 0 N–H and O–H groups in total. The second-order valence-corrected chi connectivity index (χ2v) is 8.14. The van der Waals surface area contributed by atoms with Crippen molar-refractivity contribution >= 4 is 17.5 Å². The highest BCUT2D eigenvalue weighted by Gasteiger charge is 2.18. The van der Waals surface area contributed by atoms with Crippen LogP contribution in [0.2, 0.25) is 0 Å². The van der Waals surface area contributed by atoms with Gasteiger partial charge in [-0.2, -0.15) is 0 Å². The minimum absolute atomic E-state index is 0.0318. The summed E-state index contributed by atoms with van der Waals surface area (Å²) in [7, 11) is 0. The van der Waals surface area contributed by atoms with Crippen molar-refractivity contribution in [2.75, 3.05) is 5.75 Å². The molecular weight excluding hydrogens is 396 g/mol. The topological polar surface area (TPSA) is 73.8 Å². The van der Waals surface area contributed by atoms with Crippen LogP contribution < -0.4 is 0 Å². The maximum absolute atomic E-state index is 12.9. The SMILES string of the molecule is Cc1ccc(-n2c(C)cc(C(=O)CSc3nnc(-c4cccnc4)o3)c2C)cc1C. The van der Waals surface area contributed by atoms with Gasteiger partial charge in [0.25, 0.3) is 5.22 Å². The fourth-order valence-corrected chi connectivity index (χ4v) is 4.03. The van der Waals surface area contributed by atoms with Gasteiger partial charge in [0, 0.05) is 35.0 Å². The number of pyridine rings is 1. The van der Waals surface area contributed by atoms with Crippen molar-refractivity contribution in [1.29, 1.82) is 0 Å². The molecule has 7 heteroatoms. The van der Waals surface area contributed by atoms with Gasteiger partial charge in [0.15, 0.2) is 5.78 Å². The molecule has 0 aliphatic carbocycles. The Hall–Kier alpha value is -3.19. The Morgan fingerprint density at radius 1 is 1.07 bits per heavy atom. The first-order valence-electron chi connectivity index (χ1n) is 9.60. The first kappa shape index (κ1) is 20.1. The number of Topliss-reactive ketones (excluding diaryl/α,β-unsaturated/α-hetero) is 1. The van der Waals surface area contributed by atoms with Gasteiger partial charge < -0.3 is 8.98 Å². The molecular formula is C23H22N4O2S. The van der Waals surface area contributed by atoms with E-state index in [0.29, 0.717) is 16.7 Å². The molecule has 0 saturated heterocycles. The van der Waals surface area contributed by atoms with E-state index in [1.165, 1.54) is 22.9 Å². The largest absolute Gasteiger partial charge is 0.411 e. The second kappa shape index (κ2) is 8.28. The highest BCUT2D eigenvalue weighted by atomic mass is 32.2. The summed E-state index contributed by atoms with van der Waals surface area (Å²) in [5.74, 6) is 0.654. The zero-order chi connectivity index (χ0) is 21.3. The predicted octanol–water partition coefficient (Wildman–Crippen LogP) is 5.13. The molecule has 0 unspecified atom stereocenters. The summed E-state index contributed by atoms with van der Waals surface area (Å²) < 4.78 is 7.77. The smallest absolute Gasteiger partial charge is 0.277 e. The van der Waals surface area contributed by atoms with E-state index in [4.69, 9.17) is 4.42 Å². The van der Waals surface area contributed by atoms with Crippen LogP contribution in [0.15, 0.2) is 58.4 Å². The number of aromatic nitrogens is 4. The lowest BCUT2D eigenvalue weighted by Crippen LogP contribution is -2.06. The van der Waals surface area contributed by atoms with Gasteiger partial charge >= 0.3 is 0 Å². The number of rotatable bonds is 6. The minimum atomic E-state index is 0.0318. The van der Waals surface area contributed by atoms with Crippen LogP contribution in [0, 0.1) is 27.7 Å². The monoisotopic (exact) mass is 418 g/mol. The molecule has 30 heavy (non-hydrogen) atoms. The molecule has 152 valence electrons. The molecule has 3 aromatic heterocycles. The number of hydrogen-bond acceptors (Lipinski definition) is 6. The molecule has 0 aliphatic rings. The van der Waals surface area contributed by atoms with E-state index in [9.17, 15) is 4.79 Å². The van der Waals surface area contributed by atoms with Crippen molar-refractivity contribution in [3.05, 3.63) is 76.9 Å². The number of nitrogens with zero attached hydrogens (tertiary/aromatic N) is 4. The molecule has 1 aromatic carbocycles. The number of aryl methyl sites for hydroxylation is 3. The van der Waals surface area contributed by atoms with Gasteiger partial charge in [0.1, 0.15) is 0 Å². The average Bonchev–Trinajstić information content (AvgIpc) is 3.33. The van der Waals surface area contributed by atoms with Gasteiger partial charge in [-0.15, -0.1) is 10.2 Å². The standard InChI is InChI=1S/C23H22N4O2S/c1-14-7-8-19(10-15(14)2)27-16(3)11-20(17(27)4)21(28)13-30-23-26-25-22(29-23)18-6-5-9-24-12-18/h5-12H,13H2,1-4H3. The molecule has 0 bridgehead atoms. The molecule has 0 aliphatic heterocycles. The van der Waals surface area contributed by atoms with Crippen LogP contribution >= 0.6 is 11.8 Å². The van der Waals surface area contributed by atoms with E-state index >= 15 is 0 Å². The highest BCUT2D eigenvalue weighted by molar-refractivity contribution is 7.99. The minimum Gasteiger partial charge on any atom is -0.411 e. The summed E-state index contributed by atoms with van der Waals surface area (Å²) in [4.78, 5) is 16.9. The number of carbonyl (C=O) groups is 1.